The molecule has 6 atom stereocenters. The molecule has 0 saturated heterocycles. The van der Waals surface area contributed by atoms with Gasteiger partial charge in [0.15, 0.2) is 0 Å². The van der Waals surface area contributed by atoms with Gasteiger partial charge in [0, 0.05) is 0 Å². The van der Waals surface area contributed by atoms with Crippen molar-refractivity contribution in [1.82, 2.24) is 0 Å². The van der Waals surface area contributed by atoms with E-state index in [0.29, 0.717) is 10.8 Å². The van der Waals surface area contributed by atoms with E-state index in [1.807, 2.05) is 0 Å². The van der Waals surface area contributed by atoms with Crippen LogP contribution in [-0.4, -0.2) is 0 Å². The van der Waals surface area contributed by atoms with Gasteiger partial charge in [0.2, 0.25) is 0 Å². The molecule has 0 aromatic carbocycles. The second-order valence-corrected chi connectivity index (χ2v) is 9.00. The fraction of sp³-hybridized carbons (Fsp3) is 0.900. The zero-order valence-electron chi connectivity index (χ0n) is 13.6. The van der Waals surface area contributed by atoms with Crippen molar-refractivity contribution in [2.24, 2.45) is 34.5 Å². The fourth-order valence-corrected chi connectivity index (χ4v) is 7.20. The number of hydrogen-bond donors (Lipinski definition) is 0. The van der Waals surface area contributed by atoms with E-state index in [4.69, 9.17) is 0 Å². The van der Waals surface area contributed by atoms with E-state index in [1.54, 1.807) is 12.0 Å². The highest BCUT2D eigenvalue weighted by Crippen LogP contribution is 2.67. The van der Waals surface area contributed by atoms with Crippen LogP contribution in [0.15, 0.2) is 12.2 Å². The summed E-state index contributed by atoms with van der Waals surface area (Å²) in [5.74, 6) is 4.12. The lowest BCUT2D eigenvalue weighted by Gasteiger charge is -2.60. The minimum absolute atomic E-state index is 0.513. The Hall–Kier alpha value is -0.260. The third-order valence-electron chi connectivity index (χ3n) is 8.54. The smallest absolute Gasteiger partial charge is 0.00879 e. The molecule has 0 heterocycles. The molecule has 0 amide bonds. The molecule has 0 heteroatoms. The first kappa shape index (κ1) is 13.4. The third kappa shape index (κ3) is 1.60. The predicted molar refractivity (Wildman–Crippen MR) is 85.5 cm³/mol. The summed E-state index contributed by atoms with van der Waals surface area (Å²) in [7, 11) is 0. The number of allylic oxidation sites excluding steroid dienone is 1. The molecule has 0 nitrogen and oxygen atoms in total. The van der Waals surface area contributed by atoms with Gasteiger partial charge in [-0.3, -0.25) is 0 Å². The lowest BCUT2D eigenvalue weighted by molar-refractivity contribution is -0.0972. The van der Waals surface area contributed by atoms with Gasteiger partial charge in [-0.2, -0.15) is 0 Å². The Kier molecular flexibility index (Phi) is 2.93. The molecule has 0 N–H and O–H groups in total. The van der Waals surface area contributed by atoms with E-state index in [-0.39, 0.29) is 0 Å². The van der Waals surface area contributed by atoms with Crippen molar-refractivity contribution in [2.75, 3.05) is 0 Å². The first-order valence-electron chi connectivity index (χ1n) is 9.24. The van der Waals surface area contributed by atoms with Crippen molar-refractivity contribution in [3.8, 4) is 0 Å². The molecule has 4 saturated carbocycles. The molecule has 1 unspecified atom stereocenters. The molecule has 0 aromatic heterocycles. The first-order valence-corrected chi connectivity index (χ1v) is 9.24. The van der Waals surface area contributed by atoms with Crippen LogP contribution >= 0.6 is 0 Å². The molecule has 112 valence electrons. The number of fused-ring (bicyclic) bond motifs is 5. The Labute approximate surface area is 125 Å². The summed E-state index contributed by atoms with van der Waals surface area (Å²) in [5, 5.41) is 0. The van der Waals surface area contributed by atoms with Crippen molar-refractivity contribution in [1.29, 1.82) is 0 Å². The monoisotopic (exact) mass is 272 g/mol. The summed E-state index contributed by atoms with van der Waals surface area (Å²) in [4.78, 5) is 0. The molecule has 0 aliphatic heterocycles. The largest absolute Gasteiger partial charge is 0.0993 e. The Morgan fingerprint density at radius 3 is 2.60 bits per heavy atom. The molecular formula is C20H32. The molecule has 20 heavy (non-hydrogen) atoms. The average Bonchev–Trinajstić information content (AvgIpc) is 2.74. The van der Waals surface area contributed by atoms with Crippen LogP contribution in [0.4, 0.5) is 0 Å². The topological polar surface area (TPSA) is 0 Å². The minimum atomic E-state index is 0.513. The summed E-state index contributed by atoms with van der Waals surface area (Å²) in [6, 6.07) is 0. The van der Waals surface area contributed by atoms with E-state index in [2.05, 4.69) is 20.4 Å². The lowest BCUT2D eigenvalue weighted by Crippen LogP contribution is -2.51. The SMILES string of the molecule is C=C1CC[C@H]2[C@@H]3CCC4CCCC[C@]4(C)[C@H]3CC[C@]12C. The van der Waals surface area contributed by atoms with Gasteiger partial charge in [0.05, 0.1) is 0 Å². The van der Waals surface area contributed by atoms with Gasteiger partial charge in [0.25, 0.3) is 0 Å². The summed E-state index contributed by atoms with van der Waals surface area (Å²) in [6.07, 6.45) is 14.9. The van der Waals surface area contributed by atoms with Crippen LogP contribution in [0, 0.1) is 34.5 Å². The Bertz CT molecular complexity index is 422. The highest BCUT2D eigenvalue weighted by atomic mass is 14.6. The van der Waals surface area contributed by atoms with Gasteiger partial charge in [0.1, 0.15) is 0 Å². The molecule has 0 spiro atoms. The zero-order chi connectivity index (χ0) is 14.0. The number of rotatable bonds is 0. The van der Waals surface area contributed by atoms with E-state index < -0.39 is 0 Å². The molecule has 0 bridgehead atoms. The molecule has 0 aromatic rings. The molecule has 4 rings (SSSR count). The van der Waals surface area contributed by atoms with Crippen LogP contribution in [0.1, 0.15) is 78.1 Å². The highest BCUT2D eigenvalue weighted by Gasteiger charge is 2.57. The zero-order valence-corrected chi connectivity index (χ0v) is 13.6. The van der Waals surface area contributed by atoms with E-state index in [1.165, 1.54) is 57.8 Å². The van der Waals surface area contributed by atoms with Crippen LogP contribution in [0.2, 0.25) is 0 Å². The summed E-state index contributed by atoms with van der Waals surface area (Å²) in [6.45, 7) is 9.68. The fourth-order valence-electron chi connectivity index (χ4n) is 7.20. The normalized spacial score (nSPS) is 55.0. The standard InChI is InChI=1S/C20H32/c1-14-7-10-17-16-9-8-15-6-4-5-12-20(15,3)18(16)11-13-19(14,17)2/h15-18H,1,4-13H2,2-3H3/t15?,16-,17-,18-,19+,20-/m0/s1. The highest BCUT2D eigenvalue weighted by molar-refractivity contribution is 5.21. The Morgan fingerprint density at radius 1 is 0.900 bits per heavy atom. The molecular weight excluding hydrogens is 240 g/mol. The van der Waals surface area contributed by atoms with Crippen LogP contribution in [0.5, 0.6) is 0 Å². The second kappa shape index (κ2) is 4.37. The van der Waals surface area contributed by atoms with Crippen LogP contribution in [-0.2, 0) is 0 Å². The molecule has 4 aliphatic rings. The van der Waals surface area contributed by atoms with Crippen molar-refractivity contribution < 1.29 is 0 Å². The lowest BCUT2D eigenvalue weighted by atomic mass is 9.45. The van der Waals surface area contributed by atoms with Crippen molar-refractivity contribution in [3.05, 3.63) is 12.2 Å². The predicted octanol–water partition coefficient (Wildman–Crippen LogP) is 5.98. The number of hydrogen-bond acceptors (Lipinski definition) is 0. The van der Waals surface area contributed by atoms with Gasteiger partial charge in [-0.15, -0.1) is 0 Å². The first-order chi connectivity index (χ1) is 9.56. The van der Waals surface area contributed by atoms with Gasteiger partial charge >= 0.3 is 0 Å². The maximum atomic E-state index is 4.45. The van der Waals surface area contributed by atoms with E-state index in [0.717, 1.165) is 23.7 Å². The Balaban J connectivity index is 1.66. The van der Waals surface area contributed by atoms with Crippen molar-refractivity contribution in [3.63, 3.8) is 0 Å². The Morgan fingerprint density at radius 2 is 1.75 bits per heavy atom. The quantitative estimate of drug-likeness (QED) is 0.476. The minimum Gasteiger partial charge on any atom is -0.0993 e. The van der Waals surface area contributed by atoms with Gasteiger partial charge in [-0.1, -0.05) is 38.8 Å². The van der Waals surface area contributed by atoms with Crippen molar-refractivity contribution in [2.45, 2.75) is 78.1 Å². The van der Waals surface area contributed by atoms with Gasteiger partial charge in [-0.05, 0) is 85.9 Å². The maximum Gasteiger partial charge on any atom is -0.00879 e. The van der Waals surface area contributed by atoms with Gasteiger partial charge < -0.3 is 0 Å². The maximum absolute atomic E-state index is 4.45. The molecule has 4 aliphatic carbocycles. The van der Waals surface area contributed by atoms with E-state index in [9.17, 15) is 0 Å². The van der Waals surface area contributed by atoms with Crippen molar-refractivity contribution >= 4 is 0 Å². The van der Waals surface area contributed by atoms with Crippen LogP contribution in [0.25, 0.3) is 0 Å². The molecule has 4 fully saturated rings. The second-order valence-electron chi connectivity index (χ2n) is 9.00. The summed E-state index contributed by atoms with van der Waals surface area (Å²) < 4.78 is 0. The third-order valence-corrected chi connectivity index (χ3v) is 8.54. The summed E-state index contributed by atoms with van der Waals surface area (Å²) in [5.41, 5.74) is 2.81. The summed E-state index contributed by atoms with van der Waals surface area (Å²) >= 11 is 0. The molecule has 0 radical (unpaired) electrons. The van der Waals surface area contributed by atoms with Gasteiger partial charge in [-0.25, -0.2) is 0 Å². The van der Waals surface area contributed by atoms with Crippen LogP contribution < -0.4 is 0 Å². The van der Waals surface area contributed by atoms with E-state index >= 15 is 0 Å². The average molecular weight is 272 g/mol. The van der Waals surface area contributed by atoms with Crippen LogP contribution in [0.3, 0.4) is 0 Å².